The van der Waals surface area contributed by atoms with Gasteiger partial charge in [-0.25, -0.2) is 0 Å². The lowest BCUT2D eigenvalue weighted by Gasteiger charge is -2.19. The van der Waals surface area contributed by atoms with Crippen LogP contribution in [0, 0.1) is 0 Å². The first-order valence-electron chi connectivity index (χ1n) is 6.33. The summed E-state index contributed by atoms with van der Waals surface area (Å²) in [5, 5.41) is 2.68. The number of carbonyl (C=O) groups excluding carboxylic acids is 2. The number of hydrogen-bond acceptors (Lipinski definition) is 6. The van der Waals surface area contributed by atoms with Crippen LogP contribution >= 0.6 is 12.4 Å². The number of ether oxygens (including phenoxy) is 3. The number of halogens is 1. The largest absolute Gasteiger partial charge is 0.493 e. The molecule has 0 radical (unpaired) electrons. The van der Waals surface area contributed by atoms with Crippen molar-refractivity contribution in [2.24, 2.45) is 5.73 Å². The van der Waals surface area contributed by atoms with Gasteiger partial charge in [-0.15, -0.1) is 12.4 Å². The molecule has 0 saturated carbocycles. The molecule has 0 fully saturated rings. The Morgan fingerprint density at radius 2 is 1.82 bits per heavy atom. The van der Waals surface area contributed by atoms with E-state index in [-0.39, 0.29) is 31.3 Å². The van der Waals surface area contributed by atoms with Gasteiger partial charge in [0.05, 0.1) is 40.3 Å². The summed E-state index contributed by atoms with van der Waals surface area (Å²) < 4.78 is 15.0. The van der Waals surface area contributed by atoms with Gasteiger partial charge in [-0.3, -0.25) is 9.59 Å². The molecule has 1 amide bonds. The van der Waals surface area contributed by atoms with E-state index in [1.54, 1.807) is 18.2 Å². The molecule has 7 nitrogen and oxygen atoms in total. The SMILES string of the molecule is COC(=O)CC(NC(=O)CN)c1ccc(OC)c(OC)c1.Cl. The van der Waals surface area contributed by atoms with Crippen LogP contribution in [0.15, 0.2) is 18.2 Å². The van der Waals surface area contributed by atoms with Crippen molar-refractivity contribution in [2.45, 2.75) is 12.5 Å². The van der Waals surface area contributed by atoms with Crippen LogP contribution in [0.25, 0.3) is 0 Å². The predicted octanol–water partition coefficient (Wildman–Crippen LogP) is 0.805. The Bertz CT molecular complexity index is 492. The van der Waals surface area contributed by atoms with Crippen LogP contribution in [0.3, 0.4) is 0 Å². The lowest BCUT2D eigenvalue weighted by Crippen LogP contribution is -2.35. The first-order chi connectivity index (χ1) is 10.0. The fraction of sp³-hybridized carbons (Fsp3) is 0.429. The zero-order chi connectivity index (χ0) is 15.8. The van der Waals surface area contributed by atoms with Crippen molar-refractivity contribution >= 4 is 24.3 Å². The molecule has 124 valence electrons. The van der Waals surface area contributed by atoms with Crippen LogP contribution in [0.2, 0.25) is 0 Å². The Kier molecular flexibility index (Phi) is 8.97. The Labute approximate surface area is 135 Å². The summed E-state index contributed by atoms with van der Waals surface area (Å²) in [7, 11) is 4.33. The second-order valence-corrected chi connectivity index (χ2v) is 4.22. The molecule has 0 heterocycles. The number of hydrogen-bond donors (Lipinski definition) is 2. The van der Waals surface area contributed by atoms with Gasteiger partial charge in [0.25, 0.3) is 0 Å². The smallest absolute Gasteiger partial charge is 0.307 e. The van der Waals surface area contributed by atoms with E-state index in [0.717, 1.165) is 0 Å². The standard InChI is InChI=1S/C14H20N2O5.ClH/c1-19-11-5-4-9(6-12(11)20-2)10(7-14(18)21-3)16-13(17)8-15;/h4-6,10H,7-8,15H2,1-3H3,(H,16,17);1H. The van der Waals surface area contributed by atoms with Gasteiger partial charge in [0, 0.05) is 0 Å². The maximum Gasteiger partial charge on any atom is 0.307 e. The molecule has 1 rings (SSSR count). The summed E-state index contributed by atoms with van der Waals surface area (Å²) >= 11 is 0. The summed E-state index contributed by atoms with van der Waals surface area (Å²) in [6.45, 7) is -0.162. The van der Waals surface area contributed by atoms with Crippen LogP contribution in [-0.2, 0) is 14.3 Å². The van der Waals surface area contributed by atoms with E-state index in [4.69, 9.17) is 15.2 Å². The number of amides is 1. The Morgan fingerprint density at radius 1 is 1.18 bits per heavy atom. The third-order valence-electron chi connectivity index (χ3n) is 2.93. The molecule has 0 aliphatic heterocycles. The lowest BCUT2D eigenvalue weighted by molar-refractivity contribution is -0.141. The van der Waals surface area contributed by atoms with Crippen LogP contribution in [-0.4, -0.2) is 39.8 Å². The Morgan fingerprint density at radius 3 is 2.32 bits per heavy atom. The quantitative estimate of drug-likeness (QED) is 0.717. The predicted molar refractivity (Wildman–Crippen MR) is 83.4 cm³/mol. The van der Waals surface area contributed by atoms with Crippen molar-refractivity contribution in [3.05, 3.63) is 23.8 Å². The number of methoxy groups -OCH3 is 3. The van der Waals surface area contributed by atoms with Gasteiger partial charge < -0.3 is 25.3 Å². The van der Waals surface area contributed by atoms with Gasteiger partial charge in [0.15, 0.2) is 11.5 Å². The molecule has 1 atom stereocenters. The van der Waals surface area contributed by atoms with E-state index >= 15 is 0 Å². The molecule has 22 heavy (non-hydrogen) atoms. The molecule has 1 aromatic rings. The highest BCUT2D eigenvalue weighted by molar-refractivity contribution is 5.85. The number of nitrogens with one attached hydrogen (secondary N) is 1. The number of nitrogens with two attached hydrogens (primary N) is 1. The zero-order valence-electron chi connectivity index (χ0n) is 12.8. The molecule has 3 N–H and O–H groups in total. The van der Waals surface area contributed by atoms with E-state index in [9.17, 15) is 9.59 Å². The highest BCUT2D eigenvalue weighted by Gasteiger charge is 2.20. The van der Waals surface area contributed by atoms with E-state index in [1.165, 1.54) is 21.3 Å². The number of benzene rings is 1. The van der Waals surface area contributed by atoms with Crippen LogP contribution in [0.4, 0.5) is 0 Å². The summed E-state index contributed by atoms with van der Waals surface area (Å²) in [6.07, 6.45) is -0.00226. The molecule has 0 aromatic heterocycles. The first kappa shape index (κ1) is 20.0. The van der Waals surface area contributed by atoms with E-state index < -0.39 is 12.0 Å². The van der Waals surface area contributed by atoms with Crippen molar-refractivity contribution in [3.63, 3.8) is 0 Å². The Balaban J connectivity index is 0.00000441. The van der Waals surface area contributed by atoms with Crippen molar-refractivity contribution in [2.75, 3.05) is 27.9 Å². The maximum atomic E-state index is 11.5. The van der Waals surface area contributed by atoms with Gasteiger partial charge >= 0.3 is 5.97 Å². The molecule has 0 saturated heterocycles. The average molecular weight is 333 g/mol. The summed E-state index contributed by atoms with van der Waals surface area (Å²) in [5.74, 6) is 0.265. The molecule has 1 aromatic carbocycles. The molecule has 0 aliphatic rings. The van der Waals surface area contributed by atoms with E-state index in [1.807, 2.05) is 0 Å². The second kappa shape index (κ2) is 9.86. The molecular weight excluding hydrogens is 312 g/mol. The van der Waals surface area contributed by atoms with Crippen molar-refractivity contribution in [1.29, 1.82) is 0 Å². The van der Waals surface area contributed by atoms with Gasteiger partial charge in [-0.2, -0.15) is 0 Å². The third-order valence-corrected chi connectivity index (χ3v) is 2.93. The third kappa shape index (κ3) is 5.42. The Hall–Kier alpha value is -1.99. The number of carbonyl (C=O) groups is 2. The molecule has 0 aliphatic carbocycles. The van der Waals surface area contributed by atoms with Gasteiger partial charge in [-0.1, -0.05) is 6.07 Å². The average Bonchev–Trinajstić information content (AvgIpc) is 2.52. The highest BCUT2D eigenvalue weighted by atomic mass is 35.5. The number of esters is 1. The number of rotatable bonds is 7. The molecule has 0 bridgehead atoms. The van der Waals surface area contributed by atoms with Gasteiger partial charge in [0.2, 0.25) is 5.91 Å². The van der Waals surface area contributed by atoms with Crippen molar-refractivity contribution in [3.8, 4) is 11.5 Å². The van der Waals surface area contributed by atoms with E-state index in [2.05, 4.69) is 10.1 Å². The highest BCUT2D eigenvalue weighted by Crippen LogP contribution is 2.31. The summed E-state index contributed by atoms with van der Waals surface area (Å²) in [6, 6.07) is 4.59. The molecule has 0 spiro atoms. The normalized spacial score (nSPS) is 10.9. The minimum absolute atomic E-state index is 0. The van der Waals surface area contributed by atoms with Crippen LogP contribution in [0.5, 0.6) is 11.5 Å². The summed E-state index contributed by atoms with van der Waals surface area (Å²) in [4.78, 5) is 23.0. The fourth-order valence-corrected chi connectivity index (χ4v) is 1.83. The van der Waals surface area contributed by atoms with Gasteiger partial charge in [0.1, 0.15) is 0 Å². The second-order valence-electron chi connectivity index (χ2n) is 4.22. The maximum absolute atomic E-state index is 11.5. The fourth-order valence-electron chi connectivity index (χ4n) is 1.83. The minimum atomic E-state index is -0.548. The van der Waals surface area contributed by atoms with Crippen molar-refractivity contribution < 1.29 is 23.8 Å². The van der Waals surface area contributed by atoms with Crippen LogP contribution in [0.1, 0.15) is 18.0 Å². The van der Waals surface area contributed by atoms with Gasteiger partial charge in [-0.05, 0) is 17.7 Å². The van der Waals surface area contributed by atoms with Crippen molar-refractivity contribution in [1.82, 2.24) is 5.32 Å². The summed E-state index contributed by atoms with van der Waals surface area (Å²) in [5.41, 5.74) is 5.98. The first-order valence-corrected chi connectivity index (χ1v) is 6.33. The van der Waals surface area contributed by atoms with E-state index in [0.29, 0.717) is 17.1 Å². The zero-order valence-corrected chi connectivity index (χ0v) is 13.6. The minimum Gasteiger partial charge on any atom is -0.493 e. The molecule has 1 unspecified atom stereocenters. The monoisotopic (exact) mass is 332 g/mol. The lowest BCUT2D eigenvalue weighted by atomic mass is 10.0. The molecular formula is C14H21ClN2O5. The molecule has 8 heteroatoms. The topological polar surface area (TPSA) is 99.9 Å². The van der Waals surface area contributed by atoms with Crippen LogP contribution < -0.4 is 20.5 Å².